The number of para-hydroxylation sites is 1. The average Bonchev–Trinajstić information content (AvgIpc) is 2.96. The molecule has 3 rings (SSSR count). The molecule has 0 fully saturated rings. The van der Waals surface area contributed by atoms with Crippen molar-refractivity contribution in [3.8, 4) is 17.2 Å². The summed E-state index contributed by atoms with van der Waals surface area (Å²) >= 11 is 0. The molecule has 30 heavy (non-hydrogen) atoms. The fraction of sp³-hybridized carbons (Fsp3) is 0.217. The molecule has 1 amide bonds. The zero-order chi connectivity index (χ0) is 21.7. The van der Waals surface area contributed by atoms with Gasteiger partial charge in [0.15, 0.2) is 11.5 Å². The highest BCUT2D eigenvalue weighted by Gasteiger charge is 2.17. The Bertz CT molecular complexity index is 1130. The summed E-state index contributed by atoms with van der Waals surface area (Å²) in [6.45, 7) is 4.18. The number of aromatic nitrogens is 2. The first-order chi connectivity index (χ1) is 14.5. The van der Waals surface area contributed by atoms with E-state index in [1.54, 1.807) is 44.0 Å². The van der Waals surface area contributed by atoms with Crippen LogP contribution in [0.15, 0.2) is 59.4 Å². The number of hydrogen-bond acceptors (Lipinski definition) is 4. The van der Waals surface area contributed by atoms with E-state index in [4.69, 9.17) is 9.47 Å². The Morgan fingerprint density at radius 1 is 1.13 bits per heavy atom. The van der Waals surface area contributed by atoms with Gasteiger partial charge >= 0.3 is 0 Å². The molecule has 7 heteroatoms. The Labute approximate surface area is 175 Å². The van der Waals surface area contributed by atoms with Crippen LogP contribution in [0.3, 0.4) is 0 Å². The number of ether oxygens (including phenoxy) is 2. The minimum atomic E-state index is -0.394. The molecule has 1 aromatic heterocycles. The number of rotatable bonds is 7. The van der Waals surface area contributed by atoms with Gasteiger partial charge in [-0.25, -0.2) is 4.68 Å². The summed E-state index contributed by atoms with van der Waals surface area (Å²) in [5, 5.41) is 2.71. The number of carbonyl (C=O) groups excluding carboxylic acids is 1. The quantitative estimate of drug-likeness (QED) is 0.608. The van der Waals surface area contributed by atoms with E-state index in [1.807, 2.05) is 43.3 Å². The van der Waals surface area contributed by atoms with Crippen LogP contribution in [0.2, 0.25) is 0 Å². The molecular formula is C23H25N3O4. The number of methoxy groups -OCH3 is 1. The number of amides is 1. The highest BCUT2D eigenvalue weighted by Crippen LogP contribution is 2.28. The summed E-state index contributed by atoms with van der Waals surface area (Å²) in [6, 6.07) is 14.7. The van der Waals surface area contributed by atoms with Gasteiger partial charge in [0.25, 0.3) is 5.56 Å². The molecule has 0 saturated carbocycles. The van der Waals surface area contributed by atoms with E-state index in [2.05, 4.69) is 5.32 Å². The second-order valence-corrected chi connectivity index (χ2v) is 6.60. The molecule has 0 aliphatic heterocycles. The molecule has 1 heterocycles. The van der Waals surface area contributed by atoms with Gasteiger partial charge in [-0.3, -0.25) is 14.3 Å². The van der Waals surface area contributed by atoms with Crippen molar-refractivity contribution in [3.63, 3.8) is 0 Å². The Morgan fingerprint density at radius 3 is 2.53 bits per heavy atom. The van der Waals surface area contributed by atoms with Crippen molar-refractivity contribution in [1.82, 2.24) is 9.36 Å². The van der Waals surface area contributed by atoms with Crippen molar-refractivity contribution in [2.45, 2.75) is 13.8 Å². The average molecular weight is 407 g/mol. The predicted molar refractivity (Wildman–Crippen MR) is 118 cm³/mol. The third-order valence-corrected chi connectivity index (χ3v) is 4.72. The summed E-state index contributed by atoms with van der Waals surface area (Å²) < 4.78 is 14.1. The topological polar surface area (TPSA) is 74.5 Å². The van der Waals surface area contributed by atoms with Gasteiger partial charge in [0, 0.05) is 13.1 Å². The second kappa shape index (κ2) is 9.17. The summed E-state index contributed by atoms with van der Waals surface area (Å²) in [6.07, 6.45) is 3.04. The Balaban J connectivity index is 1.82. The van der Waals surface area contributed by atoms with Crippen molar-refractivity contribution in [2.75, 3.05) is 19.0 Å². The third-order valence-electron chi connectivity index (χ3n) is 4.72. The lowest BCUT2D eigenvalue weighted by molar-refractivity contribution is -0.111. The van der Waals surface area contributed by atoms with E-state index in [1.165, 1.54) is 10.8 Å². The first-order valence-electron chi connectivity index (χ1n) is 9.60. The van der Waals surface area contributed by atoms with Gasteiger partial charge in [-0.2, -0.15) is 0 Å². The summed E-state index contributed by atoms with van der Waals surface area (Å²) in [5.74, 6) is 0.835. The summed E-state index contributed by atoms with van der Waals surface area (Å²) in [7, 11) is 3.35. The van der Waals surface area contributed by atoms with Gasteiger partial charge in [0.1, 0.15) is 5.69 Å². The van der Waals surface area contributed by atoms with Crippen molar-refractivity contribution in [1.29, 1.82) is 0 Å². The maximum Gasteiger partial charge on any atom is 0.295 e. The molecule has 0 spiro atoms. The van der Waals surface area contributed by atoms with Crippen LogP contribution in [0.5, 0.6) is 11.5 Å². The van der Waals surface area contributed by atoms with Crippen LogP contribution in [-0.4, -0.2) is 29.0 Å². The van der Waals surface area contributed by atoms with Gasteiger partial charge in [0.05, 0.1) is 25.1 Å². The molecule has 0 aliphatic rings. The molecule has 7 nitrogen and oxygen atoms in total. The van der Waals surface area contributed by atoms with Crippen LogP contribution in [0, 0.1) is 6.92 Å². The highest BCUT2D eigenvalue weighted by molar-refractivity contribution is 6.02. The fourth-order valence-corrected chi connectivity index (χ4v) is 3.11. The molecule has 0 aliphatic carbocycles. The standard InChI is InChI=1S/C23H25N3O4/c1-5-30-20-15-17(11-13-19(20)29-4)12-14-21(27)24-22-16(2)25(3)26(23(22)28)18-9-7-6-8-10-18/h6-15H,5H2,1-4H3,(H,24,27)/b14-12+. The van der Waals surface area contributed by atoms with E-state index < -0.39 is 5.91 Å². The number of nitrogens with zero attached hydrogens (tertiary/aromatic N) is 2. The molecule has 2 aromatic carbocycles. The monoisotopic (exact) mass is 407 g/mol. The van der Waals surface area contributed by atoms with Gasteiger partial charge in [0.2, 0.25) is 5.91 Å². The maximum absolute atomic E-state index is 12.9. The molecule has 0 bridgehead atoms. The first-order valence-corrected chi connectivity index (χ1v) is 9.60. The third kappa shape index (κ3) is 4.30. The smallest absolute Gasteiger partial charge is 0.295 e. The summed E-state index contributed by atoms with van der Waals surface area (Å²) in [5.41, 5.74) is 2.13. The van der Waals surface area contributed by atoms with Gasteiger partial charge in [-0.1, -0.05) is 24.3 Å². The maximum atomic E-state index is 12.9. The lowest BCUT2D eigenvalue weighted by Crippen LogP contribution is -2.22. The molecule has 156 valence electrons. The fourth-order valence-electron chi connectivity index (χ4n) is 3.11. The Morgan fingerprint density at radius 2 is 1.87 bits per heavy atom. The lowest BCUT2D eigenvalue weighted by atomic mass is 10.2. The number of benzene rings is 2. The molecule has 1 N–H and O–H groups in total. The van der Waals surface area contributed by atoms with E-state index in [9.17, 15) is 9.59 Å². The minimum absolute atomic E-state index is 0.251. The SMILES string of the molecule is CCOc1cc(/C=C/C(=O)Nc2c(C)n(C)n(-c3ccccc3)c2=O)ccc1OC. The van der Waals surface area contributed by atoms with Crippen LogP contribution in [0.4, 0.5) is 5.69 Å². The van der Waals surface area contributed by atoms with Gasteiger partial charge in [-0.15, -0.1) is 0 Å². The number of carbonyl (C=O) groups is 1. The van der Waals surface area contributed by atoms with E-state index in [0.29, 0.717) is 23.8 Å². The van der Waals surface area contributed by atoms with Gasteiger partial charge in [-0.05, 0) is 49.8 Å². The van der Waals surface area contributed by atoms with Crippen LogP contribution in [-0.2, 0) is 11.8 Å². The minimum Gasteiger partial charge on any atom is -0.493 e. The lowest BCUT2D eigenvalue weighted by Gasteiger charge is -2.09. The predicted octanol–water partition coefficient (Wildman–Crippen LogP) is 3.54. The van der Waals surface area contributed by atoms with E-state index in [0.717, 1.165) is 11.3 Å². The number of anilines is 1. The zero-order valence-corrected chi connectivity index (χ0v) is 17.5. The zero-order valence-electron chi connectivity index (χ0n) is 17.5. The summed E-state index contributed by atoms with van der Waals surface area (Å²) in [4.78, 5) is 25.4. The van der Waals surface area contributed by atoms with Crippen molar-refractivity contribution >= 4 is 17.7 Å². The molecule has 0 atom stereocenters. The molecule has 0 unspecified atom stereocenters. The Hall–Kier alpha value is -3.74. The second-order valence-electron chi connectivity index (χ2n) is 6.60. The van der Waals surface area contributed by atoms with Crippen LogP contribution in [0.1, 0.15) is 18.2 Å². The van der Waals surface area contributed by atoms with Crippen LogP contribution < -0.4 is 20.3 Å². The number of nitrogens with one attached hydrogen (secondary N) is 1. The van der Waals surface area contributed by atoms with Crippen LogP contribution in [0.25, 0.3) is 11.8 Å². The van der Waals surface area contributed by atoms with E-state index in [-0.39, 0.29) is 11.2 Å². The normalized spacial score (nSPS) is 10.9. The molecule has 3 aromatic rings. The first kappa shape index (κ1) is 21.0. The van der Waals surface area contributed by atoms with Crippen molar-refractivity contribution < 1.29 is 14.3 Å². The molecule has 0 saturated heterocycles. The van der Waals surface area contributed by atoms with Crippen LogP contribution >= 0.6 is 0 Å². The van der Waals surface area contributed by atoms with Crippen molar-refractivity contribution in [2.24, 2.45) is 7.05 Å². The highest BCUT2D eigenvalue weighted by atomic mass is 16.5. The van der Waals surface area contributed by atoms with Gasteiger partial charge < -0.3 is 14.8 Å². The van der Waals surface area contributed by atoms with Crippen molar-refractivity contribution in [3.05, 3.63) is 76.2 Å². The number of hydrogen-bond donors (Lipinski definition) is 1. The Kier molecular flexibility index (Phi) is 6.41. The largest absolute Gasteiger partial charge is 0.493 e. The molecular weight excluding hydrogens is 382 g/mol. The molecule has 0 radical (unpaired) electrons. The van der Waals surface area contributed by atoms with E-state index >= 15 is 0 Å².